The number of nitrogens with zero attached hydrogens (tertiary/aromatic N) is 5. The zero-order valence-corrected chi connectivity index (χ0v) is 21.6. The summed E-state index contributed by atoms with van der Waals surface area (Å²) >= 11 is 1.54. The topological polar surface area (TPSA) is 98.6 Å². The first-order valence-corrected chi connectivity index (χ1v) is 12.8. The highest BCUT2D eigenvalue weighted by atomic mass is 32.2. The van der Waals surface area contributed by atoms with Crippen molar-refractivity contribution in [2.24, 2.45) is 4.99 Å². The van der Waals surface area contributed by atoms with Crippen LogP contribution in [0.2, 0.25) is 0 Å². The van der Waals surface area contributed by atoms with E-state index in [1.54, 1.807) is 29.2 Å². The fraction of sp³-hybridized carbons (Fsp3) is 0.385. The van der Waals surface area contributed by atoms with E-state index in [0.29, 0.717) is 37.1 Å². The normalized spacial score (nSPS) is 13.5. The van der Waals surface area contributed by atoms with Crippen LogP contribution < -0.4 is 15.5 Å². The zero-order chi connectivity index (χ0) is 25.8. The molecule has 1 aliphatic rings. The molecule has 0 spiro atoms. The van der Waals surface area contributed by atoms with Gasteiger partial charge in [0, 0.05) is 61.0 Å². The first-order chi connectivity index (χ1) is 17.0. The van der Waals surface area contributed by atoms with E-state index >= 15 is 0 Å². The molecule has 3 rings (SSSR count). The van der Waals surface area contributed by atoms with E-state index < -0.39 is 0 Å². The number of halogens is 1. The van der Waals surface area contributed by atoms with Gasteiger partial charge >= 0.3 is 0 Å². The summed E-state index contributed by atoms with van der Waals surface area (Å²) in [6.45, 7) is 6.74. The molecular weight excluding hydrogens is 463 g/mol. The smallest absolute Gasteiger partial charge is 0.252 e. The first kappa shape index (κ1) is 27.9. The van der Waals surface area contributed by atoms with Crippen LogP contribution in [0.4, 0.5) is 21.6 Å². The maximum atomic E-state index is 12.8. The van der Waals surface area contributed by atoms with Crippen LogP contribution in [0.25, 0.3) is 0 Å². The molecule has 1 aromatic heterocycles. The molecule has 1 aliphatic heterocycles. The summed E-state index contributed by atoms with van der Waals surface area (Å²) < 4.78 is 9.50. The number of amides is 1. The number of pyridine rings is 1. The quantitative estimate of drug-likeness (QED) is 0.307. The van der Waals surface area contributed by atoms with E-state index in [4.69, 9.17) is 10.7 Å². The van der Waals surface area contributed by atoms with Gasteiger partial charge in [-0.05, 0) is 49.9 Å². The molecule has 35 heavy (non-hydrogen) atoms. The van der Waals surface area contributed by atoms with Gasteiger partial charge in [0.05, 0.1) is 12.7 Å². The third kappa shape index (κ3) is 7.30. The average Bonchev–Trinajstić information content (AvgIpc) is 2.90. The fourth-order valence-electron chi connectivity index (χ4n) is 3.62. The number of aromatic nitrogens is 1. The molecular formula is C26H33FN6OS. The largest absolute Gasteiger partial charge is 0.398 e. The van der Waals surface area contributed by atoms with Crippen LogP contribution in [-0.2, 0) is 4.79 Å². The number of rotatable bonds is 8. The van der Waals surface area contributed by atoms with Gasteiger partial charge in [0.1, 0.15) is 16.9 Å². The van der Waals surface area contributed by atoms with Crippen LogP contribution in [0.1, 0.15) is 44.2 Å². The molecule has 0 saturated carbocycles. The predicted octanol–water partition coefficient (Wildman–Crippen LogP) is 5.18. The summed E-state index contributed by atoms with van der Waals surface area (Å²) in [5, 5.41) is 10.0. The SMILES string of the molecule is CCCCN(CC)c1ccc(C(=NC2=CC(=O)N(c3ccc(N)c(C#N)c3)CC2)SC)cn1.CF. The van der Waals surface area contributed by atoms with Crippen molar-refractivity contribution in [2.75, 3.05) is 48.6 Å². The van der Waals surface area contributed by atoms with Gasteiger partial charge in [0.2, 0.25) is 0 Å². The number of alkyl halides is 1. The minimum Gasteiger partial charge on any atom is -0.398 e. The second kappa shape index (κ2) is 14.1. The number of anilines is 3. The van der Waals surface area contributed by atoms with Crippen LogP contribution >= 0.6 is 11.8 Å². The Bertz CT molecular complexity index is 1090. The Hall–Kier alpha value is -3.38. The lowest BCUT2D eigenvalue weighted by Crippen LogP contribution is -2.34. The molecule has 0 bridgehead atoms. The number of nitrogen functional groups attached to an aromatic ring is 1. The number of nitriles is 1. The molecule has 2 N–H and O–H groups in total. The van der Waals surface area contributed by atoms with Gasteiger partial charge in [-0.3, -0.25) is 9.18 Å². The summed E-state index contributed by atoms with van der Waals surface area (Å²) in [6, 6.07) is 11.2. The van der Waals surface area contributed by atoms with Gasteiger partial charge in [0.25, 0.3) is 5.91 Å². The molecule has 7 nitrogen and oxygen atoms in total. The Balaban J connectivity index is 0.00000210. The predicted molar refractivity (Wildman–Crippen MR) is 145 cm³/mol. The highest BCUT2D eigenvalue weighted by molar-refractivity contribution is 8.13. The number of thioether (sulfide) groups is 1. The van der Waals surface area contributed by atoms with Crippen LogP contribution in [0.5, 0.6) is 0 Å². The van der Waals surface area contributed by atoms with Crippen LogP contribution in [0.3, 0.4) is 0 Å². The van der Waals surface area contributed by atoms with Gasteiger partial charge in [-0.25, -0.2) is 9.98 Å². The Kier molecular flexibility index (Phi) is 11.2. The average molecular weight is 497 g/mol. The summed E-state index contributed by atoms with van der Waals surface area (Å²) in [6.07, 6.45) is 8.31. The summed E-state index contributed by atoms with van der Waals surface area (Å²) in [7, 11) is 0.500. The van der Waals surface area contributed by atoms with Crippen molar-refractivity contribution < 1.29 is 9.18 Å². The standard InChI is InChI=1S/C25H30N6OS.CH3F/c1-4-6-12-30(5-2)23-10-7-18(17-28-23)25(33-3)29-20-11-13-31(24(32)15-20)21-8-9-22(27)19(14-21)16-26;1-2/h7-10,14-15,17H,4-6,11-13,27H2,1-3H3;1H3. The van der Waals surface area contributed by atoms with Gasteiger partial charge in [-0.1, -0.05) is 13.3 Å². The monoisotopic (exact) mass is 496 g/mol. The molecule has 9 heteroatoms. The molecule has 0 aliphatic carbocycles. The second-order valence-electron chi connectivity index (χ2n) is 7.72. The van der Waals surface area contributed by atoms with Crippen molar-refractivity contribution in [2.45, 2.75) is 33.1 Å². The number of carbonyl (C=O) groups is 1. The Morgan fingerprint density at radius 3 is 2.66 bits per heavy atom. The van der Waals surface area contributed by atoms with Crippen LogP contribution in [-0.4, -0.2) is 49.0 Å². The molecule has 0 unspecified atom stereocenters. The van der Waals surface area contributed by atoms with Crippen molar-refractivity contribution >= 4 is 39.9 Å². The van der Waals surface area contributed by atoms with E-state index in [2.05, 4.69) is 29.8 Å². The highest BCUT2D eigenvalue weighted by Gasteiger charge is 2.21. The third-order valence-corrected chi connectivity index (χ3v) is 6.25. The van der Waals surface area contributed by atoms with Crippen molar-refractivity contribution in [1.82, 2.24) is 4.98 Å². The lowest BCUT2D eigenvalue weighted by molar-refractivity contribution is -0.114. The number of hydrogen-bond acceptors (Lipinski definition) is 7. The summed E-state index contributed by atoms with van der Waals surface area (Å²) in [5.41, 5.74) is 8.91. The number of benzene rings is 1. The fourth-order valence-corrected chi connectivity index (χ4v) is 4.19. The number of carbonyl (C=O) groups excluding carboxylic acids is 1. The number of nitrogens with two attached hydrogens (primary N) is 1. The molecule has 0 atom stereocenters. The van der Waals surface area contributed by atoms with Gasteiger partial charge in [-0.15, -0.1) is 11.8 Å². The van der Waals surface area contributed by atoms with E-state index in [1.165, 1.54) is 11.8 Å². The molecule has 0 fully saturated rings. The van der Waals surface area contributed by atoms with E-state index in [0.717, 1.165) is 48.1 Å². The van der Waals surface area contributed by atoms with Crippen molar-refractivity contribution in [3.8, 4) is 6.07 Å². The molecule has 1 aromatic carbocycles. The van der Waals surface area contributed by atoms with Crippen LogP contribution in [0, 0.1) is 11.3 Å². The maximum absolute atomic E-state index is 12.8. The molecule has 1 amide bonds. The molecule has 2 aromatic rings. The minimum absolute atomic E-state index is 0.155. The Labute approximate surface area is 211 Å². The molecule has 186 valence electrons. The van der Waals surface area contributed by atoms with Crippen LogP contribution in [0.15, 0.2) is 53.3 Å². The zero-order valence-electron chi connectivity index (χ0n) is 20.8. The third-order valence-electron chi connectivity index (χ3n) is 5.54. The number of unbranched alkanes of at least 4 members (excludes halogenated alkanes) is 1. The van der Waals surface area contributed by atoms with E-state index in [9.17, 15) is 14.4 Å². The maximum Gasteiger partial charge on any atom is 0.252 e. The second-order valence-corrected chi connectivity index (χ2v) is 8.51. The van der Waals surface area contributed by atoms with Gasteiger partial charge < -0.3 is 15.5 Å². The minimum atomic E-state index is -0.155. The summed E-state index contributed by atoms with van der Waals surface area (Å²) in [4.78, 5) is 26.1. The Morgan fingerprint density at radius 1 is 1.31 bits per heavy atom. The number of hydrogen-bond donors (Lipinski definition) is 1. The highest BCUT2D eigenvalue weighted by Crippen LogP contribution is 2.26. The van der Waals surface area contributed by atoms with E-state index in [1.807, 2.05) is 24.6 Å². The van der Waals surface area contributed by atoms with Gasteiger partial charge in [-0.2, -0.15) is 5.26 Å². The lowest BCUT2D eigenvalue weighted by Gasteiger charge is -2.26. The Morgan fingerprint density at radius 2 is 2.09 bits per heavy atom. The summed E-state index contributed by atoms with van der Waals surface area (Å²) in [5.74, 6) is 0.815. The number of aliphatic imine (C=N–C) groups is 1. The molecule has 0 radical (unpaired) electrons. The van der Waals surface area contributed by atoms with Crippen molar-refractivity contribution in [3.05, 3.63) is 59.4 Å². The lowest BCUT2D eigenvalue weighted by atomic mass is 10.1. The van der Waals surface area contributed by atoms with Crippen molar-refractivity contribution in [1.29, 1.82) is 5.26 Å². The molecule has 2 heterocycles. The van der Waals surface area contributed by atoms with E-state index in [-0.39, 0.29) is 5.91 Å². The first-order valence-electron chi connectivity index (χ1n) is 11.5. The van der Waals surface area contributed by atoms with Crippen molar-refractivity contribution in [3.63, 3.8) is 0 Å². The van der Waals surface area contributed by atoms with Gasteiger partial charge in [0.15, 0.2) is 0 Å². The molecule has 0 saturated heterocycles.